The first-order valence-corrected chi connectivity index (χ1v) is 6.47. The van der Waals surface area contributed by atoms with Crippen molar-refractivity contribution >= 4 is 5.97 Å². The Morgan fingerprint density at radius 1 is 1.29 bits per heavy atom. The Balaban J connectivity index is 3.42. The minimum absolute atomic E-state index is 0.149. The first-order chi connectivity index (χ1) is 7.97. The summed E-state index contributed by atoms with van der Waals surface area (Å²) >= 11 is 0. The molecule has 0 aliphatic rings. The van der Waals surface area contributed by atoms with Crippen LogP contribution in [0.2, 0.25) is 0 Å². The van der Waals surface area contributed by atoms with Crippen LogP contribution in [0.1, 0.15) is 40.0 Å². The maximum Gasteiger partial charge on any atom is 0.307 e. The van der Waals surface area contributed by atoms with E-state index in [0.29, 0.717) is 12.5 Å². The molecule has 4 nitrogen and oxygen atoms in total. The summed E-state index contributed by atoms with van der Waals surface area (Å²) < 4.78 is 4.62. The van der Waals surface area contributed by atoms with Crippen molar-refractivity contribution in [3.05, 3.63) is 0 Å². The van der Waals surface area contributed by atoms with Gasteiger partial charge in [-0.2, -0.15) is 0 Å². The number of nitrogens with one attached hydrogen (secondary N) is 1. The van der Waals surface area contributed by atoms with Crippen molar-refractivity contribution in [2.45, 2.75) is 52.1 Å². The molecule has 0 heterocycles. The van der Waals surface area contributed by atoms with Crippen molar-refractivity contribution in [2.75, 3.05) is 27.2 Å². The monoisotopic (exact) mass is 244 g/mol. The quantitative estimate of drug-likeness (QED) is 0.494. The van der Waals surface area contributed by atoms with E-state index in [9.17, 15) is 4.79 Å². The summed E-state index contributed by atoms with van der Waals surface area (Å²) in [6.45, 7) is 8.51. The summed E-state index contributed by atoms with van der Waals surface area (Å²) in [5.41, 5.74) is 0. The Bertz CT molecular complexity index is 208. The number of methoxy groups -OCH3 is 1. The maximum absolute atomic E-state index is 11.0. The molecule has 0 amide bonds. The minimum atomic E-state index is -0.149. The summed E-state index contributed by atoms with van der Waals surface area (Å²) in [4.78, 5) is 13.4. The van der Waals surface area contributed by atoms with Gasteiger partial charge in [0.2, 0.25) is 0 Å². The third-order valence-electron chi connectivity index (χ3n) is 3.01. The molecule has 0 aromatic heterocycles. The number of rotatable bonds is 9. The van der Waals surface area contributed by atoms with Gasteiger partial charge in [-0.05, 0) is 53.8 Å². The zero-order chi connectivity index (χ0) is 13.3. The molecule has 0 aliphatic carbocycles. The highest BCUT2D eigenvalue weighted by Gasteiger charge is 2.08. The number of carbonyl (C=O) groups excluding carboxylic acids is 1. The van der Waals surface area contributed by atoms with Crippen LogP contribution in [-0.2, 0) is 9.53 Å². The van der Waals surface area contributed by atoms with E-state index in [1.165, 1.54) is 13.5 Å². The topological polar surface area (TPSA) is 41.6 Å². The van der Waals surface area contributed by atoms with Crippen LogP contribution < -0.4 is 5.32 Å². The van der Waals surface area contributed by atoms with Gasteiger partial charge in [0, 0.05) is 12.1 Å². The van der Waals surface area contributed by atoms with Gasteiger partial charge in [0.05, 0.1) is 13.5 Å². The van der Waals surface area contributed by atoms with Crippen LogP contribution in [0.3, 0.4) is 0 Å². The highest BCUT2D eigenvalue weighted by atomic mass is 16.5. The van der Waals surface area contributed by atoms with Crippen LogP contribution in [0.25, 0.3) is 0 Å². The lowest BCUT2D eigenvalue weighted by Gasteiger charge is -2.21. The van der Waals surface area contributed by atoms with Gasteiger partial charge in [-0.15, -0.1) is 0 Å². The molecule has 0 saturated heterocycles. The smallest absolute Gasteiger partial charge is 0.307 e. The van der Waals surface area contributed by atoms with Gasteiger partial charge in [0.15, 0.2) is 0 Å². The molecule has 1 N–H and O–H groups in total. The zero-order valence-electron chi connectivity index (χ0n) is 12.0. The standard InChI is InChI=1S/C13H28N2O2/c1-11(2)15(4)9-7-6-8-14-12(3)10-13(16)17-5/h11-12,14H,6-10H2,1-5H3. The van der Waals surface area contributed by atoms with E-state index in [1.54, 1.807) is 0 Å². The summed E-state index contributed by atoms with van der Waals surface area (Å²) in [7, 11) is 3.58. The molecule has 0 aromatic carbocycles. The average molecular weight is 244 g/mol. The first kappa shape index (κ1) is 16.4. The van der Waals surface area contributed by atoms with Gasteiger partial charge in [-0.1, -0.05) is 0 Å². The molecule has 17 heavy (non-hydrogen) atoms. The Kier molecular flexibility index (Phi) is 9.09. The fourth-order valence-electron chi connectivity index (χ4n) is 1.50. The Labute approximate surface area is 106 Å². The number of hydrogen-bond acceptors (Lipinski definition) is 4. The number of unbranched alkanes of at least 4 members (excludes halogenated alkanes) is 1. The van der Waals surface area contributed by atoms with E-state index in [-0.39, 0.29) is 12.0 Å². The molecular formula is C13H28N2O2. The van der Waals surface area contributed by atoms with Gasteiger partial charge >= 0.3 is 5.97 Å². The van der Waals surface area contributed by atoms with E-state index in [1.807, 2.05) is 6.92 Å². The fourth-order valence-corrected chi connectivity index (χ4v) is 1.50. The number of hydrogen-bond donors (Lipinski definition) is 1. The molecule has 0 radical (unpaired) electrons. The number of carbonyl (C=O) groups is 1. The molecule has 0 saturated carbocycles. The molecular weight excluding hydrogens is 216 g/mol. The second-order valence-electron chi connectivity index (χ2n) is 4.92. The Hall–Kier alpha value is -0.610. The van der Waals surface area contributed by atoms with Crippen molar-refractivity contribution in [1.82, 2.24) is 10.2 Å². The van der Waals surface area contributed by atoms with Gasteiger partial charge in [0.25, 0.3) is 0 Å². The lowest BCUT2D eigenvalue weighted by atomic mass is 10.2. The molecule has 4 heteroatoms. The van der Waals surface area contributed by atoms with Crippen LogP contribution in [-0.4, -0.2) is 50.2 Å². The number of ether oxygens (including phenoxy) is 1. The normalized spacial score (nSPS) is 13.1. The van der Waals surface area contributed by atoms with Gasteiger partial charge in [-0.3, -0.25) is 4.79 Å². The van der Waals surface area contributed by atoms with E-state index in [2.05, 4.69) is 35.8 Å². The van der Waals surface area contributed by atoms with Crippen LogP contribution in [0.15, 0.2) is 0 Å². The van der Waals surface area contributed by atoms with Crippen LogP contribution in [0.4, 0.5) is 0 Å². The average Bonchev–Trinajstić information content (AvgIpc) is 2.27. The number of esters is 1. The van der Waals surface area contributed by atoms with Gasteiger partial charge in [0.1, 0.15) is 0 Å². The van der Waals surface area contributed by atoms with Gasteiger partial charge < -0.3 is 15.0 Å². The second-order valence-corrected chi connectivity index (χ2v) is 4.92. The molecule has 0 aliphatic heterocycles. The predicted octanol–water partition coefficient (Wildman–Crippen LogP) is 1.65. The van der Waals surface area contributed by atoms with E-state index in [4.69, 9.17) is 0 Å². The first-order valence-electron chi connectivity index (χ1n) is 6.47. The largest absolute Gasteiger partial charge is 0.469 e. The summed E-state index contributed by atoms with van der Waals surface area (Å²) in [5.74, 6) is -0.149. The molecule has 0 fully saturated rings. The lowest BCUT2D eigenvalue weighted by Crippen LogP contribution is -2.31. The number of nitrogens with zero attached hydrogens (tertiary/aromatic N) is 1. The minimum Gasteiger partial charge on any atom is -0.469 e. The van der Waals surface area contributed by atoms with Gasteiger partial charge in [-0.25, -0.2) is 0 Å². The Morgan fingerprint density at radius 2 is 1.94 bits per heavy atom. The molecule has 0 rings (SSSR count). The third-order valence-corrected chi connectivity index (χ3v) is 3.01. The SMILES string of the molecule is COC(=O)CC(C)NCCCCN(C)C(C)C. The molecule has 1 unspecified atom stereocenters. The maximum atomic E-state index is 11.0. The van der Waals surface area contributed by atoms with Crippen molar-refractivity contribution in [3.8, 4) is 0 Å². The van der Waals surface area contributed by atoms with Crippen molar-refractivity contribution in [1.29, 1.82) is 0 Å². The van der Waals surface area contributed by atoms with Crippen LogP contribution in [0.5, 0.6) is 0 Å². The molecule has 0 aromatic rings. The molecule has 0 spiro atoms. The fraction of sp³-hybridized carbons (Fsp3) is 0.923. The van der Waals surface area contributed by atoms with Crippen LogP contribution in [0, 0.1) is 0 Å². The highest BCUT2D eigenvalue weighted by molar-refractivity contribution is 5.69. The highest BCUT2D eigenvalue weighted by Crippen LogP contribution is 1.98. The zero-order valence-corrected chi connectivity index (χ0v) is 12.0. The molecule has 1 atom stereocenters. The van der Waals surface area contributed by atoms with Crippen molar-refractivity contribution < 1.29 is 9.53 Å². The Morgan fingerprint density at radius 3 is 2.47 bits per heavy atom. The summed E-state index contributed by atoms with van der Waals surface area (Å²) in [6, 6.07) is 0.812. The summed E-state index contributed by atoms with van der Waals surface area (Å²) in [6.07, 6.45) is 2.78. The van der Waals surface area contributed by atoms with Crippen molar-refractivity contribution in [3.63, 3.8) is 0 Å². The van der Waals surface area contributed by atoms with Crippen molar-refractivity contribution in [2.24, 2.45) is 0 Å². The van der Waals surface area contributed by atoms with E-state index in [0.717, 1.165) is 19.5 Å². The summed E-state index contributed by atoms with van der Waals surface area (Å²) in [5, 5.41) is 3.33. The third kappa shape index (κ3) is 9.12. The predicted molar refractivity (Wildman–Crippen MR) is 71.1 cm³/mol. The lowest BCUT2D eigenvalue weighted by molar-refractivity contribution is -0.141. The molecule has 0 bridgehead atoms. The van der Waals surface area contributed by atoms with E-state index >= 15 is 0 Å². The van der Waals surface area contributed by atoms with Crippen LogP contribution >= 0.6 is 0 Å². The molecule has 102 valence electrons. The second kappa shape index (κ2) is 9.42. The van der Waals surface area contributed by atoms with E-state index < -0.39 is 0 Å².